The van der Waals surface area contributed by atoms with Crippen molar-refractivity contribution in [1.82, 2.24) is 4.90 Å². The molecule has 4 nitrogen and oxygen atoms in total. The van der Waals surface area contributed by atoms with Crippen molar-refractivity contribution in [3.63, 3.8) is 0 Å². The van der Waals surface area contributed by atoms with Gasteiger partial charge in [0.15, 0.2) is 0 Å². The van der Waals surface area contributed by atoms with Gasteiger partial charge < -0.3 is 9.47 Å². The number of nitrogens with zero attached hydrogens (tertiary/aromatic N) is 1. The standard InChI is InChI=1S/C18H31NO3/c1-6-8-9-12-15-13-10-11-14-19(16(15)21-7-2)17(20)22-18(3,4)5/h15-16H,7,9-14H2,1-5H3. The maximum atomic E-state index is 12.5. The number of carbonyl (C=O) groups excluding carboxylic acids is 1. The first-order valence-corrected chi connectivity index (χ1v) is 8.40. The normalized spacial score (nSPS) is 22.5. The Bertz CT molecular complexity index is 403. The van der Waals surface area contributed by atoms with E-state index in [-0.39, 0.29) is 12.3 Å². The minimum absolute atomic E-state index is 0.194. The molecular formula is C18H31NO3. The summed E-state index contributed by atoms with van der Waals surface area (Å²) in [6, 6.07) is 0. The average Bonchev–Trinajstić information content (AvgIpc) is 2.61. The van der Waals surface area contributed by atoms with Crippen molar-refractivity contribution >= 4 is 6.09 Å². The van der Waals surface area contributed by atoms with E-state index in [0.29, 0.717) is 19.1 Å². The fraction of sp³-hybridized carbons (Fsp3) is 0.833. The van der Waals surface area contributed by atoms with Gasteiger partial charge in [-0.25, -0.2) is 4.79 Å². The van der Waals surface area contributed by atoms with Gasteiger partial charge in [-0.2, -0.15) is 0 Å². The Kier molecular flexibility index (Phi) is 7.75. The molecule has 1 saturated heterocycles. The van der Waals surface area contributed by atoms with Crippen LogP contribution in [0.4, 0.5) is 4.79 Å². The Hall–Kier alpha value is -1.21. The molecular weight excluding hydrogens is 278 g/mol. The highest BCUT2D eigenvalue weighted by Crippen LogP contribution is 2.29. The number of likely N-dealkylation sites (tertiary alicyclic amines) is 1. The van der Waals surface area contributed by atoms with Gasteiger partial charge in [-0.05, 0) is 53.9 Å². The Balaban J connectivity index is 2.85. The first-order valence-electron chi connectivity index (χ1n) is 8.40. The number of amides is 1. The van der Waals surface area contributed by atoms with Gasteiger partial charge in [0.25, 0.3) is 0 Å². The highest BCUT2D eigenvalue weighted by atomic mass is 16.6. The topological polar surface area (TPSA) is 38.8 Å². The van der Waals surface area contributed by atoms with Crippen LogP contribution < -0.4 is 0 Å². The molecule has 1 aliphatic heterocycles. The van der Waals surface area contributed by atoms with Crippen LogP contribution in [0.1, 0.15) is 66.7 Å². The summed E-state index contributed by atoms with van der Waals surface area (Å²) in [5, 5.41) is 0. The number of carbonyl (C=O) groups is 1. The van der Waals surface area contributed by atoms with Crippen molar-refractivity contribution in [1.29, 1.82) is 0 Å². The van der Waals surface area contributed by atoms with Crippen LogP contribution in [0.5, 0.6) is 0 Å². The molecule has 4 heteroatoms. The summed E-state index contributed by atoms with van der Waals surface area (Å²) in [5.74, 6) is 6.39. The molecule has 2 atom stereocenters. The molecule has 1 amide bonds. The maximum absolute atomic E-state index is 12.5. The molecule has 0 radical (unpaired) electrons. The molecule has 0 spiro atoms. The average molecular weight is 309 g/mol. The van der Waals surface area contributed by atoms with Crippen LogP contribution in [0.15, 0.2) is 0 Å². The molecule has 1 aliphatic rings. The van der Waals surface area contributed by atoms with Crippen LogP contribution in [0.2, 0.25) is 0 Å². The first kappa shape index (κ1) is 18.8. The fourth-order valence-corrected chi connectivity index (χ4v) is 2.80. The Morgan fingerprint density at radius 3 is 2.64 bits per heavy atom. The molecule has 0 aromatic heterocycles. The van der Waals surface area contributed by atoms with Crippen LogP contribution >= 0.6 is 0 Å². The minimum atomic E-state index is -0.483. The second-order valence-corrected chi connectivity index (χ2v) is 6.74. The van der Waals surface area contributed by atoms with E-state index in [0.717, 1.165) is 32.1 Å². The third kappa shape index (κ3) is 6.27. The van der Waals surface area contributed by atoms with Crippen molar-refractivity contribution in [2.45, 2.75) is 78.6 Å². The van der Waals surface area contributed by atoms with E-state index < -0.39 is 5.60 Å². The van der Waals surface area contributed by atoms with E-state index in [1.54, 1.807) is 4.90 Å². The van der Waals surface area contributed by atoms with Gasteiger partial charge in [-0.15, -0.1) is 11.8 Å². The van der Waals surface area contributed by atoms with Gasteiger partial charge in [0.05, 0.1) is 0 Å². The molecule has 1 heterocycles. The number of rotatable bonds is 4. The van der Waals surface area contributed by atoms with Crippen LogP contribution in [0, 0.1) is 17.8 Å². The molecule has 1 fully saturated rings. The predicted octanol–water partition coefficient (Wildman–Crippen LogP) is 4.19. The molecule has 0 bridgehead atoms. The Morgan fingerprint density at radius 1 is 1.32 bits per heavy atom. The lowest BCUT2D eigenvalue weighted by atomic mass is 9.96. The van der Waals surface area contributed by atoms with Gasteiger partial charge in [0.2, 0.25) is 0 Å². The van der Waals surface area contributed by atoms with Crippen LogP contribution in [0.25, 0.3) is 0 Å². The Morgan fingerprint density at radius 2 is 2.05 bits per heavy atom. The van der Waals surface area contributed by atoms with E-state index in [9.17, 15) is 4.79 Å². The summed E-state index contributed by atoms with van der Waals surface area (Å²) >= 11 is 0. The Labute approximate surface area is 135 Å². The van der Waals surface area contributed by atoms with E-state index in [2.05, 4.69) is 11.8 Å². The van der Waals surface area contributed by atoms with Crippen molar-refractivity contribution < 1.29 is 14.3 Å². The van der Waals surface area contributed by atoms with Gasteiger partial charge in [0.1, 0.15) is 11.8 Å². The van der Waals surface area contributed by atoms with E-state index in [4.69, 9.17) is 9.47 Å². The second kappa shape index (κ2) is 9.05. The van der Waals surface area contributed by atoms with E-state index in [1.165, 1.54) is 0 Å². The van der Waals surface area contributed by atoms with Crippen molar-refractivity contribution in [2.75, 3.05) is 13.2 Å². The zero-order valence-corrected chi connectivity index (χ0v) is 14.8. The third-order valence-electron chi connectivity index (χ3n) is 3.72. The van der Waals surface area contributed by atoms with Crippen molar-refractivity contribution in [3.8, 4) is 11.8 Å². The maximum Gasteiger partial charge on any atom is 0.412 e. The predicted molar refractivity (Wildman–Crippen MR) is 88.4 cm³/mol. The summed E-state index contributed by atoms with van der Waals surface area (Å²) in [6.45, 7) is 10.8. The monoisotopic (exact) mass is 309 g/mol. The lowest BCUT2D eigenvalue weighted by Crippen LogP contribution is -2.47. The summed E-state index contributed by atoms with van der Waals surface area (Å²) < 4.78 is 11.5. The quantitative estimate of drug-likeness (QED) is 0.731. The van der Waals surface area contributed by atoms with Gasteiger partial charge in [-0.1, -0.05) is 6.42 Å². The summed E-state index contributed by atoms with van der Waals surface area (Å²) in [5.41, 5.74) is -0.483. The van der Waals surface area contributed by atoms with Crippen LogP contribution in [-0.4, -0.2) is 36.0 Å². The molecule has 0 aromatic carbocycles. The molecule has 0 aromatic rings. The van der Waals surface area contributed by atoms with Gasteiger partial charge in [0, 0.05) is 25.5 Å². The highest BCUT2D eigenvalue weighted by Gasteiger charge is 2.35. The third-order valence-corrected chi connectivity index (χ3v) is 3.72. The van der Waals surface area contributed by atoms with Crippen molar-refractivity contribution in [3.05, 3.63) is 0 Å². The summed E-state index contributed by atoms with van der Waals surface area (Å²) in [6.07, 6.45) is 4.55. The van der Waals surface area contributed by atoms with Crippen molar-refractivity contribution in [2.24, 2.45) is 5.92 Å². The van der Waals surface area contributed by atoms with Crippen LogP contribution in [0.3, 0.4) is 0 Å². The van der Waals surface area contributed by atoms with E-state index in [1.807, 2.05) is 34.6 Å². The molecule has 2 unspecified atom stereocenters. The van der Waals surface area contributed by atoms with Gasteiger partial charge in [-0.3, -0.25) is 4.90 Å². The molecule has 1 rings (SSSR count). The molecule has 0 aliphatic carbocycles. The highest BCUT2D eigenvalue weighted by molar-refractivity contribution is 5.68. The number of hydrogen-bond donors (Lipinski definition) is 0. The fourth-order valence-electron chi connectivity index (χ4n) is 2.80. The molecule has 126 valence electrons. The van der Waals surface area contributed by atoms with Crippen LogP contribution in [-0.2, 0) is 9.47 Å². The smallest absolute Gasteiger partial charge is 0.412 e. The number of ether oxygens (including phenoxy) is 2. The second-order valence-electron chi connectivity index (χ2n) is 6.74. The number of hydrogen-bond acceptors (Lipinski definition) is 3. The van der Waals surface area contributed by atoms with Gasteiger partial charge >= 0.3 is 6.09 Å². The molecule has 0 saturated carbocycles. The zero-order valence-electron chi connectivity index (χ0n) is 14.8. The minimum Gasteiger partial charge on any atom is -0.444 e. The summed E-state index contributed by atoms with van der Waals surface area (Å²) in [4.78, 5) is 14.3. The lowest BCUT2D eigenvalue weighted by Gasteiger charge is -2.35. The zero-order chi connectivity index (χ0) is 16.6. The van der Waals surface area contributed by atoms with E-state index >= 15 is 0 Å². The largest absolute Gasteiger partial charge is 0.444 e. The first-order chi connectivity index (χ1) is 10.4. The summed E-state index contributed by atoms with van der Waals surface area (Å²) in [7, 11) is 0. The molecule has 22 heavy (non-hydrogen) atoms. The SMILES string of the molecule is CC#CCCC1CCCCN(C(=O)OC(C)(C)C)C1OCC. The lowest BCUT2D eigenvalue weighted by molar-refractivity contribution is -0.0885. The molecule has 0 N–H and O–H groups in total.